The maximum Gasteiger partial charge on any atom is 0.131 e. The minimum Gasteiger partial charge on any atom is -0.507 e. The Morgan fingerprint density at radius 3 is 1.40 bits per heavy atom. The first-order valence-corrected chi connectivity index (χ1v) is 19.7. The molecule has 10 aromatic carbocycles. The molecule has 0 atom stereocenters. The lowest BCUT2D eigenvalue weighted by Gasteiger charge is -2.27. The van der Waals surface area contributed by atoms with Gasteiger partial charge in [-0.05, 0) is 121 Å². The highest BCUT2D eigenvalue weighted by Crippen LogP contribution is 2.45. The zero-order valence-electron chi connectivity index (χ0n) is 31.8. The van der Waals surface area contributed by atoms with Crippen molar-refractivity contribution in [1.82, 2.24) is 0 Å². The highest BCUT2D eigenvalue weighted by molar-refractivity contribution is 6.00. The number of fused-ring (bicyclic) bond motifs is 2. The van der Waals surface area contributed by atoms with E-state index in [9.17, 15) is 5.11 Å². The fourth-order valence-corrected chi connectivity index (χ4v) is 8.17. The van der Waals surface area contributed by atoms with Crippen LogP contribution in [0.2, 0.25) is 0 Å². The molecule has 2 heteroatoms. The first kappa shape index (κ1) is 34.8. The van der Waals surface area contributed by atoms with Gasteiger partial charge in [0.2, 0.25) is 0 Å². The van der Waals surface area contributed by atoms with E-state index in [1.807, 2.05) is 30.3 Å². The number of aromatic hydroxyl groups is 1. The third kappa shape index (κ3) is 6.67. The minimum absolute atomic E-state index is 0.276. The van der Waals surface area contributed by atoms with Crippen LogP contribution in [0.15, 0.2) is 231 Å². The molecule has 0 amide bonds. The molecule has 0 saturated carbocycles. The highest BCUT2D eigenvalue weighted by Gasteiger charge is 2.19. The largest absolute Gasteiger partial charge is 0.507 e. The van der Waals surface area contributed by atoms with Crippen LogP contribution in [0.25, 0.3) is 77.2 Å². The SMILES string of the molecule is Oc1c(-c2cc(N(c3ccc(-c4ccccc4)cc3)c3ccc(-c4cccc(-c5ccccc5)c4)cc3)ccc2-c2ccc3ccccc3c2)ccc2ccccc12. The molecule has 0 spiro atoms. The van der Waals surface area contributed by atoms with E-state index in [1.54, 1.807) is 0 Å². The van der Waals surface area contributed by atoms with Gasteiger partial charge in [0.15, 0.2) is 0 Å². The molecule has 1 N–H and O–H groups in total. The molecule has 10 aromatic rings. The summed E-state index contributed by atoms with van der Waals surface area (Å²) in [5, 5.41) is 16.2. The quantitative estimate of drug-likeness (QED) is 0.168. The van der Waals surface area contributed by atoms with Gasteiger partial charge in [-0.1, -0.05) is 176 Å². The molecule has 0 aliphatic carbocycles. The van der Waals surface area contributed by atoms with Gasteiger partial charge in [0, 0.05) is 28.0 Å². The smallest absolute Gasteiger partial charge is 0.131 e. The molecular formula is C56H39NO. The van der Waals surface area contributed by atoms with Gasteiger partial charge in [0.1, 0.15) is 5.75 Å². The summed E-state index contributed by atoms with van der Waals surface area (Å²) in [5.41, 5.74) is 14.0. The Morgan fingerprint density at radius 2 is 0.724 bits per heavy atom. The Hall–Kier alpha value is -7.68. The van der Waals surface area contributed by atoms with Crippen LogP contribution >= 0.6 is 0 Å². The van der Waals surface area contributed by atoms with E-state index >= 15 is 0 Å². The Morgan fingerprint density at radius 1 is 0.259 bits per heavy atom. The molecule has 274 valence electrons. The molecule has 10 rings (SSSR count). The minimum atomic E-state index is 0.276. The standard InChI is InChI=1S/C56H39NO/c58-56-53-21-10-9-17-44(53)28-34-54(56)55-38-51(33-35-52(55)48-23-22-41-16-7-8-18-45(41)37-48)57(49-29-24-42(25-30-49)39-12-3-1-4-13-39)50-31-26-43(27-32-50)47-20-11-19-46(36-47)40-14-5-2-6-15-40/h1-38,58H. The van der Waals surface area contributed by atoms with Crippen LogP contribution in [0.1, 0.15) is 0 Å². The third-order valence-corrected chi connectivity index (χ3v) is 11.2. The molecule has 0 radical (unpaired) electrons. The molecule has 0 fully saturated rings. The third-order valence-electron chi connectivity index (χ3n) is 11.2. The molecule has 0 unspecified atom stereocenters. The summed E-state index contributed by atoms with van der Waals surface area (Å²) < 4.78 is 0. The molecule has 0 heterocycles. The Balaban J connectivity index is 1.13. The van der Waals surface area contributed by atoms with E-state index in [4.69, 9.17) is 0 Å². The summed E-state index contributed by atoms with van der Waals surface area (Å²) in [6.07, 6.45) is 0. The summed E-state index contributed by atoms with van der Waals surface area (Å²) in [4.78, 5) is 2.31. The van der Waals surface area contributed by atoms with Gasteiger partial charge >= 0.3 is 0 Å². The number of hydrogen-bond acceptors (Lipinski definition) is 2. The van der Waals surface area contributed by atoms with Crippen LogP contribution in [-0.4, -0.2) is 5.11 Å². The fraction of sp³-hybridized carbons (Fsp3) is 0. The van der Waals surface area contributed by atoms with Gasteiger partial charge in [-0.25, -0.2) is 0 Å². The number of rotatable bonds is 8. The maximum atomic E-state index is 12.0. The Labute approximate surface area is 339 Å². The number of nitrogens with zero attached hydrogens (tertiary/aromatic N) is 1. The van der Waals surface area contributed by atoms with Crippen molar-refractivity contribution in [2.45, 2.75) is 0 Å². The molecule has 0 aliphatic rings. The van der Waals surface area contributed by atoms with Crippen molar-refractivity contribution in [2.24, 2.45) is 0 Å². The average molecular weight is 742 g/mol. The molecule has 2 nitrogen and oxygen atoms in total. The summed E-state index contributed by atoms with van der Waals surface area (Å²) >= 11 is 0. The lowest BCUT2D eigenvalue weighted by atomic mass is 9.90. The molecule has 58 heavy (non-hydrogen) atoms. The summed E-state index contributed by atoms with van der Waals surface area (Å²) in [7, 11) is 0. The van der Waals surface area contributed by atoms with Crippen molar-refractivity contribution in [3.63, 3.8) is 0 Å². The topological polar surface area (TPSA) is 23.5 Å². The molecule has 0 saturated heterocycles. The number of phenols is 1. The van der Waals surface area contributed by atoms with Crippen molar-refractivity contribution >= 4 is 38.6 Å². The van der Waals surface area contributed by atoms with E-state index in [1.165, 1.54) is 33.0 Å². The summed E-state index contributed by atoms with van der Waals surface area (Å²) in [5.74, 6) is 0.276. The number of hydrogen-bond donors (Lipinski definition) is 1. The maximum absolute atomic E-state index is 12.0. The molecule has 0 bridgehead atoms. The van der Waals surface area contributed by atoms with E-state index in [-0.39, 0.29) is 5.75 Å². The van der Waals surface area contributed by atoms with Crippen LogP contribution in [-0.2, 0) is 0 Å². The lowest BCUT2D eigenvalue weighted by Crippen LogP contribution is -2.10. The monoisotopic (exact) mass is 741 g/mol. The van der Waals surface area contributed by atoms with Crippen LogP contribution in [0.5, 0.6) is 5.75 Å². The summed E-state index contributed by atoms with van der Waals surface area (Å²) in [6.45, 7) is 0. The number of anilines is 3. The summed E-state index contributed by atoms with van der Waals surface area (Å²) in [6, 6.07) is 81.3. The van der Waals surface area contributed by atoms with Crippen molar-refractivity contribution in [3.05, 3.63) is 231 Å². The van der Waals surface area contributed by atoms with Crippen LogP contribution in [0.4, 0.5) is 17.1 Å². The molecule has 0 aliphatic heterocycles. The predicted molar refractivity (Wildman–Crippen MR) is 245 cm³/mol. The average Bonchev–Trinajstić information content (AvgIpc) is 3.30. The van der Waals surface area contributed by atoms with Gasteiger partial charge in [-0.15, -0.1) is 0 Å². The number of benzene rings is 10. The van der Waals surface area contributed by atoms with Gasteiger partial charge in [-0.3, -0.25) is 0 Å². The molecule has 0 aromatic heterocycles. The van der Waals surface area contributed by atoms with E-state index in [2.05, 4.69) is 205 Å². The van der Waals surface area contributed by atoms with Gasteiger partial charge in [0.25, 0.3) is 0 Å². The second kappa shape index (κ2) is 15.1. The molecular weight excluding hydrogens is 703 g/mol. The van der Waals surface area contributed by atoms with Crippen LogP contribution in [0, 0.1) is 0 Å². The predicted octanol–water partition coefficient (Wildman–Crippen LogP) is 15.5. The first-order chi connectivity index (χ1) is 28.7. The van der Waals surface area contributed by atoms with Crippen molar-refractivity contribution in [3.8, 4) is 61.4 Å². The fourth-order valence-electron chi connectivity index (χ4n) is 8.17. The van der Waals surface area contributed by atoms with E-state index in [0.29, 0.717) is 0 Å². The normalized spacial score (nSPS) is 11.2. The van der Waals surface area contributed by atoms with Crippen molar-refractivity contribution in [1.29, 1.82) is 0 Å². The second-order valence-corrected chi connectivity index (χ2v) is 14.7. The van der Waals surface area contributed by atoms with E-state index < -0.39 is 0 Å². The zero-order valence-corrected chi connectivity index (χ0v) is 31.8. The van der Waals surface area contributed by atoms with Crippen LogP contribution < -0.4 is 4.90 Å². The Kier molecular flexibility index (Phi) is 9.06. The van der Waals surface area contributed by atoms with E-state index in [0.717, 1.165) is 61.2 Å². The van der Waals surface area contributed by atoms with Crippen molar-refractivity contribution < 1.29 is 5.11 Å². The lowest BCUT2D eigenvalue weighted by molar-refractivity contribution is 0.483. The van der Waals surface area contributed by atoms with Crippen molar-refractivity contribution in [2.75, 3.05) is 4.90 Å². The Bertz CT molecular complexity index is 3040. The van der Waals surface area contributed by atoms with Gasteiger partial charge in [-0.2, -0.15) is 0 Å². The first-order valence-electron chi connectivity index (χ1n) is 19.7. The number of phenolic OH excluding ortho intramolecular Hbond substituents is 1. The van der Waals surface area contributed by atoms with Crippen LogP contribution in [0.3, 0.4) is 0 Å². The zero-order chi connectivity index (χ0) is 38.8. The van der Waals surface area contributed by atoms with Gasteiger partial charge in [0.05, 0.1) is 0 Å². The highest BCUT2D eigenvalue weighted by atomic mass is 16.3. The van der Waals surface area contributed by atoms with Gasteiger partial charge < -0.3 is 10.0 Å². The second-order valence-electron chi connectivity index (χ2n) is 14.7.